The van der Waals surface area contributed by atoms with Crippen LogP contribution in [0.3, 0.4) is 0 Å². The van der Waals surface area contributed by atoms with Crippen LogP contribution in [-0.4, -0.2) is 29.7 Å². The summed E-state index contributed by atoms with van der Waals surface area (Å²) in [5, 5.41) is 0. The van der Waals surface area contributed by atoms with Gasteiger partial charge in [-0.05, 0) is 37.1 Å². The normalized spacial score (nSPS) is 16.1. The van der Waals surface area contributed by atoms with E-state index >= 15 is 0 Å². The van der Waals surface area contributed by atoms with Gasteiger partial charge in [0.15, 0.2) is 5.78 Å². The second kappa shape index (κ2) is 5.00. The number of carbonyl (C=O) groups is 2. The van der Waals surface area contributed by atoms with Crippen molar-refractivity contribution in [1.82, 2.24) is 4.90 Å². The molecule has 1 saturated heterocycles. The van der Waals surface area contributed by atoms with E-state index < -0.39 is 0 Å². The van der Waals surface area contributed by atoms with Gasteiger partial charge in [-0.3, -0.25) is 9.59 Å². The highest BCUT2D eigenvalue weighted by atomic mass is 79.9. The van der Waals surface area contributed by atoms with Gasteiger partial charge in [0.05, 0.1) is 6.54 Å². The predicted octanol–water partition coefficient (Wildman–Crippen LogP) is 2.56. The fourth-order valence-electron chi connectivity index (χ4n) is 2.05. The van der Waals surface area contributed by atoms with Crippen molar-refractivity contribution in [2.45, 2.75) is 19.8 Å². The second-order valence-electron chi connectivity index (χ2n) is 4.33. The van der Waals surface area contributed by atoms with Gasteiger partial charge in [-0.15, -0.1) is 0 Å². The first-order chi connectivity index (χ1) is 8.08. The summed E-state index contributed by atoms with van der Waals surface area (Å²) in [5.41, 5.74) is 1.62. The van der Waals surface area contributed by atoms with Crippen LogP contribution in [0.25, 0.3) is 0 Å². The van der Waals surface area contributed by atoms with Gasteiger partial charge in [-0.1, -0.05) is 15.9 Å². The number of halogens is 1. The Hall–Kier alpha value is -1.16. The molecule has 0 unspecified atom stereocenters. The zero-order valence-electron chi connectivity index (χ0n) is 9.70. The lowest BCUT2D eigenvalue weighted by Gasteiger charge is -2.26. The number of Topliss-reactive ketones (excluding diaryl/α,β-unsaturated/α-hetero) is 1. The first-order valence-corrected chi connectivity index (χ1v) is 6.44. The molecule has 17 heavy (non-hydrogen) atoms. The van der Waals surface area contributed by atoms with E-state index in [0.717, 1.165) is 16.5 Å². The first-order valence-electron chi connectivity index (χ1n) is 5.65. The molecular weight excluding hydrogens is 282 g/mol. The molecule has 90 valence electrons. The molecule has 1 heterocycles. The minimum Gasteiger partial charge on any atom is -0.331 e. The number of benzene rings is 1. The minimum absolute atomic E-state index is 0.0388. The van der Waals surface area contributed by atoms with Crippen LogP contribution in [0.5, 0.6) is 0 Å². The second-order valence-corrected chi connectivity index (χ2v) is 5.24. The van der Waals surface area contributed by atoms with Crippen molar-refractivity contribution in [1.29, 1.82) is 0 Å². The van der Waals surface area contributed by atoms with E-state index in [-0.39, 0.29) is 18.2 Å². The van der Waals surface area contributed by atoms with Crippen LogP contribution in [-0.2, 0) is 4.79 Å². The fourth-order valence-corrected chi connectivity index (χ4v) is 2.52. The molecule has 0 N–H and O–H groups in total. The average molecular weight is 296 g/mol. The van der Waals surface area contributed by atoms with Gasteiger partial charge in [-0.2, -0.15) is 0 Å². The summed E-state index contributed by atoms with van der Waals surface area (Å²) >= 11 is 3.37. The lowest BCUT2D eigenvalue weighted by atomic mass is 10.0. The first kappa shape index (κ1) is 12.3. The summed E-state index contributed by atoms with van der Waals surface area (Å²) in [7, 11) is 0. The number of piperidine rings is 1. The van der Waals surface area contributed by atoms with E-state index in [4.69, 9.17) is 0 Å². The van der Waals surface area contributed by atoms with Crippen LogP contribution in [0.2, 0.25) is 0 Å². The molecule has 1 aromatic carbocycles. The number of hydrogen-bond acceptors (Lipinski definition) is 2. The quantitative estimate of drug-likeness (QED) is 0.798. The topological polar surface area (TPSA) is 37.4 Å². The Morgan fingerprint density at radius 2 is 2.18 bits per heavy atom. The molecule has 0 bridgehead atoms. The molecule has 1 aromatic rings. The van der Waals surface area contributed by atoms with E-state index in [9.17, 15) is 9.59 Å². The molecule has 1 amide bonds. The highest BCUT2D eigenvalue weighted by molar-refractivity contribution is 9.10. The Morgan fingerprint density at radius 1 is 1.41 bits per heavy atom. The van der Waals surface area contributed by atoms with Gasteiger partial charge in [0.25, 0.3) is 5.91 Å². The van der Waals surface area contributed by atoms with Crippen molar-refractivity contribution in [3.05, 3.63) is 33.8 Å². The lowest BCUT2D eigenvalue weighted by Crippen LogP contribution is -2.40. The summed E-state index contributed by atoms with van der Waals surface area (Å²) in [6.45, 7) is 2.85. The molecule has 1 aliphatic heterocycles. The maximum Gasteiger partial charge on any atom is 0.254 e. The molecule has 3 nitrogen and oxygen atoms in total. The van der Waals surface area contributed by atoms with E-state index in [1.165, 1.54) is 0 Å². The smallest absolute Gasteiger partial charge is 0.254 e. The largest absolute Gasteiger partial charge is 0.331 e. The van der Waals surface area contributed by atoms with E-state index in [1.807, 2.05) is 19.1 Å². The highest BCUT2D eigenvalue weighted by Crippen LogP contribution is 2.18. The van der Waals surface area contributed by atoms with E-state index in [1.54, 1.807) is 11.0 Å². The molecule has 0 aliphatic carbocycles. The Labute approximate surface area is 109 Å². The maximum atomic E-state index is 12.2. The van der Waals surface area contributed by atoms with E-state index in [0.29, 0.717) is 18.5 Å². The van der Waals surface area contributed by atoms with Gasteiger partial charge in [-0.25, -0.2) is 0 Å². The standard InChI is InChI=1S/C13H14BrNO2/c1-9-7-10(14)4-5-12(9)13(17)15-6-2-3-11(16)8-15/h4-5,7H,2-3,6,8H2,1H3. The van der Waals surface area contributed by atoms with Gasteiger partial charge in [0, 0.05) is 23.0 Å². The van der Waals surface area contributed by atoms with Crippen molar-refractivity contribution in [2.75, 3.05) is 13.1 Å². The Bertz CT molecular complexity index is 470. The van der Waals surface area contributed by atoms with Gasteiger partial charge < -0.3 is 4.90 Å². The number of amides is 1. The summed E-state index contributed by atoms with van der Waals surface area (Å²) in [6.07, 6.45) is 1.38. The molecular formula is C13H14BrNO2. The molecule has 0 radical (unpaired) electrons. The Kier molecular flexibility index (Phi) is 3.62. The summed E-state index contributed by atoms with van der Waals surface area (Å²) in [4.78, 5) is 25.2. The number of likely N-dealkylation sites (tertiary alicyclic amines) is 1. The molecule has 0 aromatic heterocycles. The van der Waals surface area contributed by atoms with Crippen LogP contribution >= 0.6 is 15.9 Å². The zero-order valence-corrected chi connectivity index (χ0v) is 11.3. The van der Waals surface area contributed by atoms with Crippen molar-refractivity contribution in [3.63, 3.8) is 0 Å². The fraction of sp³-hybridized carbons (Fsp3) is 0.385. The number of hydrogen-bond donors (Lipinski definition) is 0. The van der Waals surface area contributed by atoms with E-state index in [2.05, 4.69) is 15.9 Å². The zero-order chi connectivity index (χ0) is 12.4. The highest BCUT2D eigenvalue weighted by Gasteiger charge is 2.23. The number of ketones is 1. The van der Waals surface area contributed by atoms with Crippen molar-refractivity contribution >= 4 is 27.6 Å². The van der Waals surface area contributed by atoms with Crippen LogP contribution in [0, 0.1) is 6.92 Å². The third-order valence-electron chi connectivity index (χ3n) is 2.96. The third-order valence-corrected chi connectivity index (χ3v) is 3.45. The maximum absolute atomic E-state index is 12.2. The SMILES string of the molecule is Cc1cc(Br)ccc1C(=O)N1CCCC(=O)C1. The summed E-state index contributed by atoms with van der Waals surface area (Å²) in [6, 6.07) is 5.58. The minimum atomic E-state index is -0.0388. The molecule has 4 heteroatoms. The average Bonchev–Trinajstić information content (AvgIpc) is 2.28. The van der Waals surface area contributed by atoms with Crippen molar-refractivity contribution < 1.29 is 9.59 Å². The molecule has 1 aliphatic rings. The van der Waals surface area contributed by atoms with Crippen LogP contribution in [0.4, 0.5) is 0 Å². The predicted molar refractivity (Wildman–Crippen MR) is 69.0 cm³/mol. The number of rotatable bonds is 1. The Morgan fingerprint density at radius 3 is 2.82 bits per heavy atom. The molecule has 1 fully saturated rings. The van der Waals surface area contributed by atoms with Crippen LogP contribution < -0.4 is 0 Å². The number of nitrogens with zero attached hydrogens (tertiary/aromatic N) is 1. The monoisotopic (exact) mass is 295 g/mol. The number of aryl methyl sites for hydroxylation is 1. The lowest BCUT2D eigenvalue weighted by molar-refractivity contribution is -0.121. The van der Waals surface area contributed by atoms with Crippen LogP contribution in [0.15, 0.2) is 22.7 Å². The Balaban J connectivity index is 2.21. The van der Waals surface area contributed by atoms with Gasteiger partial charge in [0.2, 0.25) is 0 Å². The van der Waals surface area contributed by atoms with Gasteiger partial charge in [0.1, 0.15) is 0 Å². The molecule has 2 rings (SSSR count). The van der Waals surface area contributed by atoms with Crippen molar-refractivity contribution in [3.8, 4) is 0 Å². The van der Waals surface area contributed by atoms with Gasteiger partial charge >= 0.3 is 0 Å². The van der Waals surface area contributed by atoms with Crippen LogP contribution in [0.1, 0.15) is 28.8 Å². The molecule has 0 spiro atoms. The van der Waals surface area contributed by atoms with Crippen molar-refractivity contribution in [2.24, 2.45) is 0 Å². The molecule has 0 saturated carbocycles. The third kappa shape index (κ3) is 2.75. The summed E-state index contributed by atoms with van der Waals surface area (Å²) < 4.78 is 0.960. The molecule has 0 atom stereocenters. The summed E-state index contributed by atoms with van der Waals surface area (Å²) in [5.74, 6) is 0.113. The number of carbonyl (C=O) groups excluding carboxylic acids is 2.